The van der Waals surface area contributed by atoms with Gasteiger partial charge in [-0.25, -0.2) is 4.98 Å². The number of hydrogen-bond acceptors (Lipinski definition) is 5. The van der Waals surface area contributed by atoms with Gasteiger partial charge in [0.15, 0.2) is 11.5 Å². The zero-order valence-electron chi connectivity index (χ0n) is 16.2. The molecule has 1 fully saturated rings. The molecule has 1 atom stereocenters. The van der Waals surface area contributed by atoms with Crippen molar-refractivity contribution in [3.8, 4) is 5.75 Å². The van der Waals surface area contributed by atoms with Gasteiger partial charge in [0.2, 0.25) is 0 Å². The van der Waals surface area contributed by atoms with Crippen molar-refractivity contribution in [1.82, 2.24) is 9.88 Å². The molecule has 1 saturated heterocycles. The number of nitrogens with zero attached hydrogens (tertiary/aromatic N) is 2. The molecule has 6 nitrogen and oxygen atoms in total. The van der Waals surface area contributed by atoms with Crippen molar-refractivity contribution >= 4 is 17.0 Å². The van der Waals surface area contributed by atoms with Crippen molar-refractivity contribution < 1.29 is 18.7 Å². The fourth-order valence-corrected chi connectivity index (χ4v) is 3.67. The highest BCUT2D eigenvalue weighted by atomic mass is 16.5. The van der Waals surface area contributed by atoms with Gasteiger partial charge in [-0.15, -0.1) is 0 Å². The first-order valence-electron chi connectivity index (χ1n) is 9.47. The number of amides is 1. The van der Waals surface area contributed by atoms with Crippen molar-refractivity contribution in [2.75, 3.05) is 33.9 Å². The lowest BCUT2D eigenvalue weighted by molar-refractivity contribution is 0.0775. The Morgan fingerprint density at radius 2 is 2.04 bits per heavy atom. The summed E-state index contributed by atoms with van der Waals surface area (Å²) in [5.41, 5.74) is 3.13. The minimum Gasteiger partial charge on any atom is -0.497 e. The molecule has 0 radical (unpaired) electrons. The lowest BCUT2D eigenvalue weighted by atomic mass is 10.1. The number of aromatic nitrogens is 1. The molecule has 146 valence electrons. The number of carbonyl (C=O) groups excluding carboxylic acids is 1. The van der Waals surface area contributed by atoms with Crippen molar-refractivity contribution in [2.45, 2.75) is 12.8 Å². The lowest BCUT2D eigenvalue weighted by Crippen LogP contribution is -2.29. The van der Waals surface area contributed by atoms with Crippen LogP contribution in [0.4, 0.5) is 0 Å². The summed E-state index contributed by atoms with van der Waals surface area (Å²) in [6.45, 7) is 2.20. The van der Waals surface area contributed by atoms with Gasteiger partial charge in [0, 0.05) is 38.1 Å². The summed E-state index contributed by atoms with van der Waals surface area (Å²) in [6, 6.07) is 13.3. The fourth-order valence-electron chi connectivity index (χ4n) is 3.67. The van der Waals surface area contributed by atoms with Gasteiger partial charge < -0.3 is 18.8 Å². The van der Waals surface area contributed by atoms with E-state index >= 15 is 0 Å². The van der Waals surface area contributed by atoms with E-state index in [0.29, 0.717) is 36.0 Å². The first kappa shape index (κ1) is 18.5. The second kappa shape index (κ2) is 8.02. The van der Waals surface area contributed by atoms with E-state index in [1.54, 1.807) is 20.3 Å². The molecule has 1 amide bonds. The Balaban J connectivity index is 1.49. The molecule has 0 saturated carbocycles. The van der Waals surface area contributed by atoms with Gasteiger partial charge in [0.25, 0.3) is 5.91 Å². The second-order valence-corrected chi connectivity index (χ2v) is 7.18. The molecule has 0 N–H and O–H groups in total. The molecular weight excluding hydrogens is 356 g/mol. The Labute approximate surface area is 164 Å². The molecule has 2 heterocycles. The number of hydrogen-bond donors (Lipinski definition) is 0. The number of carbonyl (C=O) groups is 1. The summed E-state index contributed by atoms with van der Waals surface area (Å²) in [7, 11) is 3.35. The van der Waals surface area contributed by atoms with E-state index in [9.17, 15) is 4.79 Å². The fraction of sp³-hybridized carbons (Fsp3) is 0.364. The van der Waals surface area contributed by atoms with Crippen LogP contribution in [0, 0.1) is 5.92 Å². The SMILES string of the molecule is COCC1CCN(C(=O)c2ccc3nc(Cc4ccc(OC)cc4)oc3c2)C1. The minimum atomic E-state index is 0.0357. The number of ether oxygens (including phenoxy) is 2. The van der Waals surface area contributed by atoms with Gasteiger partial charge in [-0.05, 0) is 42.3 Å². The summed E-state index contributed by atoms with van der Waals surface area (Å²) < 4.78 is 16.3. The molecule has 3 aromatic rings. The van der Waals surface area contributed by atoms with Crippen LogP contribution in [0.5, 0.6) is 5.75 Å². The standard InChI is InChI=1S/C22H24N2O4/c1-26-14-16-9-10-24(13-16)22(25)17-5-8-19-20(12-17)28-21(23-19)11-15-3-6-18(27-2)7-4-15/h3-8,12,16H,9-11,13-14H2,1-2H3. The second-order valence-electron chi connectivity index (χ2n) is 7.18. The number of likely N-dealkylation sites (tertiary alicyclic amines) is 1. The Kier molecular flexibility index (Phi) is 5.30. The third-order valence-corrected chi connectivity index (χ3v) is 5.17. The average Bonchev–Trinajstić information content (AvgIpc) is 3.34. The molecule has 1 aliphatic rings. The summed E-state index contributed by atoms with van der Waals surface area (Å²) in [4.78, 5) is 19.2. The zero-order valence-corrected chi connectivity index (χ0v) is 16.2. The Hall–Kier alpha value is -2.86. The van der Waals surface area contributed by atoms with E-state index < -0.39 is 0 Å². The smallest absolute Gasteiger partial charge is 0.254 e. The number of rotatable bonds is 6. The largest absolute Gasteiger partial charge is 0.497 e. The van der Waals surface area contributed by atoms with E-state index in [2.05, 4.69) is 4.98 Å². The molecule has 28 heavy (non-hydrogen) atoms. The van der Waals surface area contributed by atoms with Gasteiger partial charge in [-0.3, -0.25) is 4.79 Å². The Morgan fingerprint density at radius 1 is 1.21 bits per heavy atom. The topological polar surface area (TPSA) is 64.8 Å². The highest BCUT2D eigenvalue weighted by molar-refractivity contribution is 5.97. The Bertz CT molecular complexity index is 964. The van der Waals surface area contributed by atoms with Gasteiger partial charge >= 0.3 is 0 Å². The Morgan fingerprint density at radius 3 is 2.79 bits per heavy atom. The maximum absolute atomic E-state index is 12.8. The molecule has 0 spiro atoms. The highest BCUT2D eigenvalue weighted by Crippen LogP contribution is 2.23. The lowest BCUT2D eigenvalue weighted by Gasteiger charge is -2.16. The number of fused-ring (bicyclic) bond motifs is 1. The zero-order chi connectivity index (χ0) is 19.5. The molecule has 0 aliphatic carbocycles. The van der Waals surface area contributed by atoms with Crippen LogP contribution in [0.1, 0.15) is 28.2 Å². The number of benzene rings is 2. The number of methoxy groups -OCH3 is 2. The van der Waals surface area contributed by atoms with Crippen LogP contribution in [0.3, 0.4) is 0 Å². The van der Waals surface area contributed by atoms with Crippen molar-refractivity contribution in [3.63, 3.8) is 0 Å². The molecule has 1 aliphatic heterocycles. The van der Waals surface area contributed by atoms with Crippen molar-refractivity contribution in [2.24, 2.45) is 5.92 Å². The summed E-state index contributed by atoms with van der Waals surface area (Å²) in [5, 5.41) is 0. The molecule has 6 heteroatoms. The molecule has 2 aromatic carbocycles. The number of oxazole rings is 1. The molecule has 1 unspecified atom stereocenters. The first-order chi connectivity index (χ1) is 13.7. The predicted octanol–water partition coefficient (Wildman–Crippen LogP) is 3.54. The van der Waals surface area contributed by atoms with Crippen LogP contribution in [0.2, 0.25) is 0 Å². The normalized spacial score (nSPS) is 16.6. The predicted molar refractivity (Wildman–Crippen MR) is 106 cm³/mol. The van der Waals surface area contributed by atoms with Gasteiger partial charge in [0.05, 0.1) is 13.7 Å². The van der Waals surface area contributed by atoms with Crippen LogP contribution in [0.15, 0.2) is 46.9 Å². The van der Waals surface area contributed by atoms with Crippen LogP contribution < -0.4 is 4.74 Å². The van der Waals surface area contributed by atoms with Crippen LogP contribution in [-0.4, -0.2) is 49.7 Å². The highest BCUT2D eigenvalue weighted by Gasteiger charge is 2.27. The van der Waals surface area contributed by atoms with E-state index in [0.717, 1.165) is 36.3 Å². The molecule has 1 aromatic heterocycles. The maximum atomic E-state index is 12.8. The van der Waals surface area contributed by atoms with Gasteiger partial charge in [-0.1, -0.05) is 12.1 Å². The average molecular weight is 380 g/mol. The van der Waals surface area contributed by atoms with E-state index in [-0.39, 0.29) is 5.91 Å². The monoisotopic (exact) mass is 380 g/mol. The van der Waals surface area contributed by atoms with Gasteiger partial charge in [-0.2, -0.15) is 0 Å². The summed E-state index contributed by atoms with van der Waals surface area (Å²) in [6.07, 6.45) is 1.57. The van der Waals surface area contributed by atoms with Gasteiger partial charge in [0.1, 0.15) is 11.3 Å². The third kappa shape index (κ3) is 3.87. The summed E-state index contributed by atoms with van der Waals surface area (Å²) >= 11 is 0. The van der Waals surface area contributed by atoms with E-state index in [1.165, 1.54) is 0 Å². The first-order valence-corrected chi connectivity index (χ1v) is 9.47. The molecule has 0 bridgehead atoms. The van der Waals surface area contributed by atoms with Crippen LogP contribution >= 0.6 is 0 Å². The van der Waals surface area contributed by atoms with E-state index in [4.69, 9.17) is 13.9 Å². The third-order valence-electron chi connectivity index (χ3n) is 5.17. The quantitative estimate of drug-likeness (QED) is 0.654. The van der Waals surface area contributed by atoms with Crippen LogP contribution in [0.25, 0.3) is 11.1 Å². The van der Waals surface area contributed by atoms with Crippen molar-refractivity contribution in [1.29, 1.82) is 0 Å². The minimum absolute atomic E-state index is 0.0357. The van der Waals surface area contributed by atoms with Crippen LogP contribution in [-0.2, 0) is 11.2 Å². The van der Waals surface area contributed by atoms with E-state index in [1.807, 2.05) is 41.3 Å². The van der Waals surface area contributed by atoms with Crippen molar-refractivity contribution in [3.05, 3.63) is 59.5 Å². The molecule has 4 rings (SSSR count). The maximum Gasteiger partial charge on any atom is 0.254 e. The summed E-state index contributed by atoms with van der Waals surface area (Å²) in [5.74, 6) is 1.90. The molecular formula is C22H24N2O4.